The van der Waals surface area contributed by atoms with Gasteiger partial charge in [-0.1, -0.05) is 0 Å². The Labute approximate surface area is 70.6 Å². The molecule has 0 heterocycles. The molecule has 0 saturated heterocycles. The molecule has 1 aromatic rings. The summed E-state index contributed by atoms with van der Waals surface area (Å²) in [5.41, 5.74) is 2.19. The Balaban J connectivity index is 3.43. The van der Waals surface area contributed by atoms with E-state index >= 15 is 0 Å². The number of aromatic hydroxyl groups is 1. The van der Waals surface area contributed by atoms with Crippen molar-refractivity contribution in [1.82, 2.24) is 0 Å². The lowest BCUT2D eigenvalue weighted by molar-refractivity contribution is -0.138. The van der Waals surface area contributed by atoms with E-state index in [2.05, 4.69) is 0 Å². The number of nitrogen functional groups attached to an aromatic ring is 1. The van der Waals surface area contributed by atoms with Crippen molar-refractivity contribution in [2.24, 2.45) is 0 Å². The second kappa shape index (κ2) is 2.79. The molecule has 0 aliphatic carbocycles. The van der Waals surface area contributed by atoms with E-state index in [1.54, 1.807) is 0 Å². The minimum atomic E-state index is -4.85. The number of halogens is 4. The number of rotatable bonds is 0. The Bertz CT molecular complexity index is 334. The average molecular weight is 195 g/mol. The van der Waals surface area contributed by atoms with Crippen molar-refractivity contribution < 1.29 is 22.7 Å². The molecule has 6 heteroatoms. The summed E-state index contributed by atoms with van der Waals surface area (Å²) < 4.78 is 48.8. The molecule has 0 atom stereocenters. The molecule has 0 radical (unpaired) electrons. The van der Waals surface area contributed by atoms with Crippen LogP contribution in [0.1, 0.15) is 5.56 Å². The van der Waals surface area contributed by atoms with Crippen molar-refractivity contribution >= 4 is 5.69 Å². The van der Waals surface area contributed by atoms with Crippen LogP contribution in [-0.4, -0.2) is 5.11 Å². The first-order chi connectivity index (χ1) is 5.84. The molecule has 0 amide bonds. The number of anilines is 1. The highest BCUT2D eigenvalue weighted by atomic mass is 19.4. The number of nitrogens with two attached hydrogens (primary N) is 1. The Morgan fingerprint density at radius 2 is 1.77 bits per heavy atom. The topological polar surface area (TPSA) is 46.2 Å². The fraction of sp³-hybridized carbons (Fsp3) is 0.143. The van der Waals surface area contributed by atoms with Gasteiger partial charge in [0, 0.05) is 0 Å². The predicted octanol–water partition coefficient (Wildman–Crippen LogP) is 2.13. The number of hydrogen-bond acceptors (Lipinski definition) is 2. The molecule has 13 heavy (non-hydrogen) atoms. The maximum atomic E-state index is 12.6. The van der Waals surface area contributed by atoms with E-state index in [0.717, 1.165) is 0 Å². The van der Waals surface area contributed by atoms with Gasteiger partial charge in [-0.3, -0.25) is 0 Å². The summed E-state index contributed by atoms with van der Waals surface area (Å²) >= 11 is 0. The van der Waals surface area contributed by atoms with E-state index in [4.69, 9.17) is 10.8 Å². The number of hydrogen-bond donors (Lipinski definition) is 2. The van der Waals surface area contributed by atoms with Crippen molar-refractivity contribution in [3.63, 3.8) is 0 Å². The van der Waals surface area contributed by atoms with Crippen LogP contribution in [0, 0.1) is 5.82 Å². The summed E-state index contributed by atoms with van der Waals surface area (Å²) in [6.45, 7) is 0. The largest absolute Gasteiger partial charge is 0.507 e. The van der Waals surface area contributed by atoms with Gasteiger partial charge in [0.1, 0.15) is 17.1 Å². The van der Waals surface area contributed by atoms with Gasteiger partial charge in [-0.25, -0.2) is 4.39 Å². The van der Waals surface area contributed by atoms with Crippen LogP contribution in [0.15, 0.2) is 12.1 Å². The van der Waals surface area contributed by atoms with Gasteiger partial charge in [-0.05, 0) is 12.1 Å². The van der Waals surface area contributed by atoms with Gasteiger partial charge < -0.3 is 10.8 Å². The fourth-order valence-corrected chi connectivity index (χ4v) is 0.881. The first kappa shape index (κ1) is 9.63. The molecule has 0 aromatic heterocycles. The van der Waals surface area contributed by atoms with Crippen LogP contribution in [0.3, 0.4) is 0 Å². The number of phenolic OH excluding ortho intramolecular Hbond substituents is 1. The molecule has 0 aliphatic rings. The van der Waals surface area contributed by atoms with E-state index < -0.39 is 29.0 Å². The second-order valence-electron chi connectivity index (χ2n) is 2.35. The maximum Gasteiger partial charge on any atom is 0.422 e. The van der Waals surface area contributed by atoms with Crippen LogP contribution >= 0.6 is 0 Å². The summed E-state index contributed by atoms with van der Waals surface area (Å²) in [4.78, 5) is 0. The van der Waals surface area contributed by atoms with Crippen LogP contribution in [0.4, 0.5) is 23.2 Å². The van der Waals surface area contributed by atoms with E-state index in [-0.39, 0.29) is 0 Å². The summed E-state index contributed by atoms with van der Waals surface area (Å²) in [6.07, 6.45) is -4.85. The number of benzene rings is 1. The molecule has 3 N–H and O–H groups in total. The Hall–Kier alpha value is -1.46. The molecule has 1 aromatic carbocycles. The van der Waals surface area contributed by atoms with E-state index in [9.17, 15) is 17.6 Å². The first-order valence-corrected chi connectivity index (χ1v) is 3.18. The van der Waals surface area contributed by atoms with Crippen LogP contribution in [0.5, 0.6) is 5.75 Å². The molecule has 0 bridgehead atoms. The van der Waals surface area contributed by atoms with Gasteiger partial charge >= 0.3 is 6.18 Å². The average Bonchev–Trinajstić information content (AvgIpc) is 1.95. The molecule has 0 spiro atoms. The third-order valence-electron chi connectivity index (χ3n) is 1.45. The zero-order valence-corrected chi connectivity index (χ0v) is 6.19. The molecule has 0 aliphatic heterocycles. The standard InChI is InChI=1S/C7H5F4NO/c8-3-1-2-4(13)5(6(3)12)7(9,10)11/h1-2,13H,12H2. The van der Waals surface area contributed by atoms with Gasteiger partial charge in [0.15, 0.2) is 0 Å². The van der Waals surface area contributed by atoms with Gasteiger partial charge in [-0.2, -0.15) is 13.2 Å². The third kappa shape index (κ3) is 1.66. The SMILES string of the molecule is Nc1c(F)ccc(O)c1C(F)(F)F. The fourth-order valence-electron chi connectivity index (χ4n) is 0.881. The molecule has 0 saturated carbocycles. The molecule has 0 fully saturated rings. The van der Waals surface area contributed by atoms with Crippen molar-refractivity contribution in [3.05, 3.63) is 23.5 Å². The van der Waals surface area contributed by atoms with Crippen LogP contribution in [0.2, 0.25) is 0 Å². The third-order valence-corrected chi connectivity index (χ3v) is 1.45. The van der Waals surface area contributed by atoms with Crippen molar-refractivity contribution in [2.75, 3.05) is 5.73 Å². The van der Waals surface area contributed by atoms with Gasteiger partial charge in [0.2, 0.25) is 0 Å². The Kier molecular flexibility index (Phi) is 2.07. The Morgan fingerprint density at radius 3 is 2.15 bits per heavy atom. The summed E-state index contributed by atoms with van der Waals surface area (Å²) in [5.74, 6) is -2.28. The van der Waals surface area contributed by atoms with Gasteiger partial charge in [0.05, 0.1) is 5.69 Å². The molecule has 0 unspecified atom stereocenters. The molecular formula is C7H5F4NO. The van der Waals surface area contributed by atoms with Crippen LogP contribution in [0.25, 0.3) is 0 Å². The quantitative estimate of drug-likeness (QED) is 0.492. The highest BCUT2D eigenvalue weighted by Gasteiger charge is 2.37. The highest BCUT2D eigenvalue weighted by molar-refractivity contribution is 5.56. The molecule has 1 rings (SSSR count). The first-order valence-electron chi connectivity index (χ1n) is 3.18. The van der Waals surface area contributed by atoms with Crippen molar-refractivity contribution in [2.45, 2.75) is 6.18 Å². The normalized spacial score (nSPS) is 11.7. The predicted molar refractivity (Wildman–Crippen MR) is 37.5 cm³/mol. The molecular weight excluding hydrogens is 190 g/mol. The minimum Gasteiger partial charge on any atom is -0.507 e. The van der Waals surface area contributed by atoms with Gasteiger partial charge in [0.25, 0.3) is 0 Å². The zero-order chi connectivity index (χ0) is 10.2. The summed E-state index contributed by atoms with van der Waals surface area (Å²) in [5, 5.41) is 8.78. The van der Waals surface area contributed by atoms with Gasteiger partial charge in [-0.15, -0.1) is 0 Å². The number of phenols is 1. The lowest BCUT2D eigenvalue weighted by Crippen LogP contribution is -2.10. The van der Waals surface area contributed by atoms with Crippen LogP contribution in [-0.2, 0) is 6.18 Å². The zero-order valence-electron chi connectivity index (χ0n) is 6.19. The smallest absolute Gasteiger partial charge is 0.422 e. The van der Waals surface area contributed by atoms with Crippen molar-refractivity contribution in [3.8, 4) is 5.75 Å². The minimum absolute atomic E-state index is 0.606. The summed E-state index contributed by atoms with van der Waals surface area (Å²) in [7, 11) is 0. The maximum absolute atomic E-state index is 12.6. The number of alkyl halides is 3. The second-order valence-corrected chi connectivity index (χ2v) is 2.35. The monoisotopic (exact) mass is 195 g/mol. The van der Waals surface area contributed by atoms with E-state index in [1.165, 1.54) is 0 Å². The molecule has 2 nitrogen and oxygen atoms in total. The van der Waals surface area contributed by atoms with Crippen molar-refractivity contribution in [1.29, 1.82) is 0 Å². The molecule has 72 valence electrons. The Morgan fingerprint density at radius 1 is 1.23 bits per heavy atom. The lowest BCUT2D eigenvalue weighted by atomic mass is 10.1. The highest BCUT2D eigenvalue weighted by Crippen LogP contribution is 2.40. The van der Waals surface area contributed by atoms with E-state index in [0.29, 0.717) is 12.1 Å². The summed E-state index contributed by atoms with van der Waals surface area (Å²) in [6, 6.07) is 1.27. The van der Waals surface area contributed by atoms with E-state index in [1.807, 2.05) is 0 Å². The van der Waals surface area contributed by atoms with Crippen LogP contribution < -0.4 is 5.73 Å². The lowest BCUT2D eigenvalue weighted by Gasteiger charge is -2.11.